The lowest BCUT2D eigenvalue weighted by atomic mass is 11.0. The Morgan fingerprint density at radius 3 is 2.91 bits per heavy atom. The average Bonchev–Trinajstić information content (AvgIpc) is 2.39. The third kappa shape index (κ3) is 2.43. The number of aromatic nitrogens is 2. The van der Waals surface area contributed by atoms with E-state index in [-0.39, 0.29) is 5.75 Å². The van der Waals surface area contributed by atoms with Gasteiger partial charge in [-0.05, 0) is 6.92 Å². The molecular formula is C4H7N3O2S2. The van der Waals surface area contributed by atoms with Gasteiger partial charge in [-0.25, -0.2) is 8.42 Å². The van der Waals surface area contributed by atoms with Gasteiger partial charge < -0.3 is 0 Å². The Morgan fingerprint density at radius 1 is 1.73 bits per heavy atom. The molecule has 0 aliphatic heterocycles. The van der Waals surface area contributed by atoms with Gasteiger partial charge in [-0.2, -0.15) is 0 Å². The van der Waals surface area contributed by atoms with Crippen LogP contribution in [0.5, 0.6) is 0 Å². The minimum atomic E-state index is -3.18. The summed E-state index contributed by atoms with van der Waals surface area (Å²) in [7, 11) is -3.18. The van der Waals surface area contributed by atoms with Crippen LogP contribution >= 0.6 is 11.3 Å². The maximum atomic E-state index is 10.9. The summed E-state index contributed by atoms with van der Waals surface area (Å²) in [6.45, 7) is 1.56. The molecule has 5 nitrogen and oxygen atoms in total. The third-order valence-corrected chi connectivity index (χ3v) is 2.98. The molecule has 11 heavy (non-hydrogen) atoms. The van der Waals surface area contributed by atoms with Crippen molar-refractivity contribution in [1.29, 1.82) is 0 Å². The molecule has 0 aliphatic carbocycles. The smallest absolute Gasteiger partial charge is 0.234 e. The summed E-state index contributed by atoms with van der Waals surface area (Å²) in [5, 5.41) is 7.32. The summed E-state index contributed by atoms with van der Waals surface area (Å²) < 4.78 is 24.1. The van der Waals surface area contributed by atoms with Crippen LogP contribution in [0.3, 0.4) is 0 Å². The highest BCUT2D eigenvalue weighted by molar-refractivity contribution is 7.92. The van der Waals surface area contributed by atoms with E-state index >= 15 is 0 Å². The van der Waals surface area contributed by atoms with E-state index in [0.717, 1.165) is 11.3 Å². The fraction of sp³-hybridized carbons (Fsp3) is 0.500. The van der Waals surface area contributed by atoms with Gasteiger partial charge in [0.05, 0.1) is 5.75 Å². The summed E-state index contributed by atoms with van der Waals surface area (Å²) in [6, 6.07) is 0. The first-order valence-electron chi connectivity index (χ1n) is 2.90. The number of hydrogen-bond donors (Lipinski definition) is 1. The van der Waals surface area contributed by atoms with Crippen LogP contribution in [-0.2, 0) is 10.0 Å². The van der Waals surface area contributed by atoms with Crippen molar-refractivity contribution in [3.8, 4) is 0 Å². The van der Waals surface area contributed by atoms with Crippen LogP contribution < -0.4 is 4.72 Å². The molecular weight excluding hydrogens is 186 g/mol. The minimum Gasteiger partial charge on any atom is -0.257 e. The molecule has 1 aromatic rings. The standard InChI is InChI=1S/C4H7N3O2S2/c1-2-11(8,9)7-4-6-5-3-10-4/h3H,2H2,1H3,(H,6,7). The van der Waals surface area contributed by atoms with Gasteiger partial charge in [0.15, 0.2) is 0 Å². The third-order valence-electron chi connectivity index (χ3n) is 0.983. The lowest BCUT2D eigenvalue weighted by Crippen LogP contribution is -2.14. The van der Waals surface area contributed by atoms with E-state index < -0.39 is 10.0 Å². The molecule has 0 saturated carbocycles. The zero-order valence-corrected chi connectivity index (χ0v) is 7.44. The first-order valence-corrected chi connectivity index (χ1v) is 5.44. The quantitative estimate of drug-likeness (QED) is 0.749. The Hall–Kier alpha value is -0.690. The highest BCUT2D eigenvalue weighted by atomic mass is 32.2. The van der Waals surface area contributed by atoms with Gasteiger partial charge in [0, 0.05) is 0 Å². The fourth-order valence-corrected chi connectivity index (χ4v) is 1.74. The molecule has 0 aromatic carbocycles. The van der Waals surface area contributed by atoms with E-state index in [4.69, 9.17) is 0 Å². The van der Waals surface area contributed by atoms with Gasteiger partial charge in [0.25, 0.3) is 0 Å². The Morgan fingerprint density at radius 2 is 2.45 bits per heavy atom. The van der Waals surface area contributed by atoms with Gasteiger partial charge in [-0.15, -0.1) is 10.2 Å². The van der Waals surface area contributed by atoms with Crippen molar-refractivity contribution in [3.63, 3.8) is 0 Å². The van der Waals surface area contributed by atoms with Crippen molar-refractivity contribution in [2.45, 2.75) is 6.92 Å². The van der Waals surface area contributed by atoms with Crippen molar-refractivity contribution in [1.82, 2.24) is 10.2 Å². The molecule has 1 rings (SSSR count). The molecule has 0 aliphatic rings. The maximum Gasteiger partial charge on any atom is 0.234 e. The second-order valence-corrected chi connectivity index (χ2v) is 4.59. The minimum absolute atomic E-state index is 0.0482. The molecule has 1 N–H and O–H groups in total. The summed E-state index contributed by atoms with van der Waals surface area (Å²) >= 11 is 1.15. The van der Waals surface area contributed by atoms with Crippen LogP contribution in [0.2, 0.25) is 0 Å². The molecule has 0 unspecified atom stereocenters. The Kier molecular flexibility index (Phi) is 2.40. The Balaban J connectivity index is 2.72. The number of rotatable bonds is 3. The second kappa shape index (κ2) is 3.14. The Labute approximate surface area is 68.5 Å². The van der Waals surface area contributed by atoms with Crippen LogP contribution in [0.25, 0.3) is 0 Å². The van der Waals surface area contributed by atoms with Crippen LogP contribution in [0.1, 0.15) is 6.92 Å². The number of hydrogen-bond acceptors (Lipinski definition) is 5. The number of sulfonamides is 1. The molecule has 1 heterocycles. The summed E-state index contributed by atoms with van der Waals surface area (Å²) in [5.74, 6) is 0.0482. The lowest BCUT2D eigenvalue weighted by Gasteiger charge is -1.98. The number of nitrogens with zero attached hydrogens (tertiary/aromatic N) is 2. The first-order chi connectivity index (χ1) is 5.14. The topological polar surface area (TPSA) is 72.0 Å². The lowest BCUT2D eigenvalue weighted by molar-refractivity contribution is 0.602. The monoisotopic (exact) mass is 193 g/mol. The zero-order chi connectivity index (χ0) is 8.32. The molecule has 0 atom stereocenters. The molecule has 0 amide bonds. The molecule has 0 spiro atoms. The van der Waals surface area contributed by atoms with Crippen molar-refractivity contribution in [2.24, 2.45) is 0 Å². The summed E-state index contributed by atoms with van der Waals surface area (Å²) in [5.41, 5.74) is 1.47. The molecule has 0 bridgehead atoms. The number of nitrogens with one attached hydrogen (secondary N) is 1. The van der Waals surface area contributed by atoms with Crippen LogP contribution in [-0.4, -0.2) is 24.4 Å². The van der Waals surface area contributed by atoms with Crippen LogP contribution in [0.4, 0.5) is 5.13 Å². The van der Waals surface area contributed by atoms with Crippen molar-refractivity contribution >= 4 is 26.5 Å². The predicted octanol–water partition coefficient (Wildman–Crippen LogP) is 0.300. The van der Waals surface area contributed by atoms with Gasteiger partial charge >= 0.3 is 0 Å². The van der Waals surface area contributed by atoms with Gasteiger partial charge in [-0.1, -0.05) is 11.3 Å². The molecule has 0 fully saturated rings. The molecule has 0 radical (unpaired) electrons. The van der Waals surface area contributed by atoms with Crippen molar-refractivity contribution < 1.29 is 8.42 Å². The Bertz CT molecular complexity index is 304. The van der Waals surface area contributed by atoms with Crippen LogP contribution in [0, 0.1) is 0 Å². The highest BCUT2D eigenvalue weighted by Crippen LogP contribution is 2.09. The zero-order valence-electron chi connectivity index (χ0n) is 5.81. The van der Waals surface area contributed by atoms with Gasteiger partial charge in [-0.3, -0.25) is 4.72 Å². The highest BCUT2D eigenvalue weighted by Gasteiger charge is 2.07. The molecule has 1 aromatic heterocycles. The summed E-state index contributed by atoms with van der Waals surface area (Å²) in [6.07, 6.45) is 0. The van der Waals surface area contributed by atoms with E-state index in [1.54, 1.807) is 6.92 Å². The number of anilines is 1. The van der Waals surface area contributed by atoms with Gasteiger partial charge in [0.2, 0.25) is 15.2 Å². The normalized spacial score (nSPS) is 11.4. The SMILES string of the molecule is CCS(=O)(=O)Nc1nncs1. The van der Waals surface area contributed by atoms with E-state index in [0.29, 0.717) is 5.13 Å². The second-order valence-electron chi connectivity index (χ2n) is 1.75. The fourth-order valence-electron chi connectivity index (χ4n) is 0.423. The molecule has 62 valence electrons. The first kappa shape index (κ1) is 8.41. The van der Waals surface area contributed by atoms with Gasteiger partial charge in [0.1, 0.15) is 5.51 Å². The van der Waals surface area contributed by atoms with E-state index in [9.17, 15) is 8.42 Å². The average molecular weight is 193 g/mol. The molecule has 7 heteroatoms. The maximum absolute atomic E-state index is 10.9. The van der Waals surface area contributed by atoms with E-state index in [1.807, 2.05) is 0 Å². The summed E-state index contributed by atoms with van der Waals surface area (Å²) in [4.78, 5) is 0. The van der Waals surface area contributed by atoms with E-state index in [2.05, 4.69) is 14.9 Å². The van der Waals surface area contributed by atoms with Crippen molar-refractivity contribution in [2.75, 3.05) is 10.5 Å². The molecule has 0 saturated heterocycles. The van der Waals surface area contributed by atoms with E-state index in [1.165, 1.54) is 5.51 Å². The largest absolute Gasteiger partial charge is 0.257 e. The predicted molar refractivity (Wildman–Crippen MR) is 43.0 cm³/mol. The van der Waals surface area contributed by atoms with Crippen molar-refractivity contribution in [3.05, 3.63) is 5.51 Å². The van der Waals surface area contributed by atoms with Crippen LogP contribution in [0.15, 0.2) is 5.51 Å².